The number of carbonyl (C=O) groups excluding carboxylic acids is 1. The summed E-state index contributed by atoms with van der Waals surface area (Å²) in [5.74, 6) is 0.436. The normalized spacial score (nSPS) is 24.6. The highest BCUT2D eigenvalue weighted by Crippen LogP contribution is 2.33. The molecule has 3 unspecified atom stereocenters. The summed E-state index contributed by atoms with van der Waals surface area (Å²) in [5, 5.41) is 32.4. The van der Waals surface area contributed by atoms with Gasteiger partial charge in [-0.3, -0.25) is 4.79 Å². The van der Waals surface area contributed by atoms with Crippen LogP contribution in [0.1, 0.15) is 28.4 Å². The smallest absolute Gasteiger partial charge is 0.251 e. The van der Waals surface area contributed by atoms with Crippen LogP contribution in [0.3, 0.4) is 0 Å². The molecule has 0 saturated carbocycles. The predicted molar refractivity (Wildman–Crippen MR) is 106 cm³/mol. The van der Waals surface area contributed by atoms with E-state index in [2.05, 4.69) is 15.3 Å². The van der Waals surface area contributed by atoms with Gasteiger partial charge in [0.2, 0.25) is 0 Å². The Morgan fingerprint density at radius 2 is 2.10 bits per heavy atom. The number of nitrogens with zero attached hydrogens (tertiary/aromatic N) is 1. The van der Waals surface area contributed by atoms with E-state index in [1.165, 1.54) is 0 Å². The van der Waals surface area contributed by atoms with Crippen LogP contribution in [0.25, 0.3) is 22.4 Å². The molecule has 4 rings (SSSR count). The van der Waals surface area contributed by atoms with Crippen LogP contribution in [-0.2, 0) is 4.74 Å². The minimum absolute atomic E-state index is 0.175. The highest BCUT2D eigenvalue weighted by Gasteiger charge is 2.37. The summed E-state index contributed by atoms with van der Waals surface area (Å²) in [5.41, 5.74) is 3.45. The number of ether oxygens (including phenoxy) is 1. The van der Waals surface area contributed by atoms with E-state index < -0.39 is 24.4 Å². The molecule has 1 aliphatic rings. The molecule has 2 heterocycles. The number of aliphatic hydroxyl groups is 3. The Balaban J connectivity index is 1.67. The number of imidazole rings is 1. The number of H-pyrrole nitrogens is 1. The first-order chi connectivity index (χ1) is 14.0. The molecule has 1 aromatic heterocycles. The average Bonchev–Trinajstić information content (AvgIpc) is 3.18. The fourth-order valence-corrected chi connectivity index (χ4v) is 3.64. The van der Waals surface area contributed by atoms with Crippen LogP contribution in [0.15, 0.2) is 42.5 Å². The highest BCUT2D eigenvalue weighted by atomic mass is 16.5. The SMILES string of the molecule is CNC(=O)c1ccc2nc(-c3cccc([C@H]4OC(CO)CC(O)C4O)c3)[nH]c2c1. The first-order valence-electron chi connectivity index (χ1n) is 9.44. The van der Waals surface area contributed by atoms with Gasteiger partial charge in [-0.05, 0) is 29.8 Å². The van der Waals surface area contributed by atoms with Gasteiger partial charge in [0, 0.05) is 24.6 Å². The zero-order valence-electron chi connectivity index (χ0n) is 15.9. The van der Waals surface area contributed by atoms with Crippen molar-refractivity contribution in [3.63, 3.8) is 0 Å². The quantitative estimate of drug-likeness (QED) is 0.449. The van der Waals surface area contributed by atoms with Crippen molar-refractivity contribution >= 4 is 16.9 Å². The molecule has 8 heteroatoms. The number of amides is 1. The van der Waals surface area contributed by atoms with Crippen molar-refractivity contribution in [2.45, 2.75) is 30.8 Å². The fraction of sp³-hybridized carbons (Fsp3) is 0.333. The number of nitrogens with one attached hydrogen (secondary N) is 2. The summed E-state index contributed by atoms with van der Waals surface area (Å²) in [6, 6.07) is 12.6. The van der Waals surface area contributed by atoms with E-state index in [0.717, 1.165) is 16.6 Å². The van der Waals surface area contributed by atoms with E-state index in [0.29, 0.717) is 17.0 Å². The fourth-order valence-electron chi connectivity index (χ4n) is 3.64. The van der Waals surface area contributed by atoms with Gasteiger partial charge < -0.3 is 30.4 Å². The maximum atomic E-state index is 11.8. The lowest BCUT2D eigenvalue weighted by Gasteiger charge is -2.36. The lowest BCUT2D eigenvalue weighted by molar-refractivity contribution is -0.179. The van der Waals surface area contributed by atoms with Crippen molar-refractivity contribution in [2.75, 3.05) is 13.7 Å². The Hall–Kier alpha value is -2.78. The van der Waals surface area contributed by atoms with Crippen molar-refractivity contribution in [1.29, 1.82) is 0 Å². The number of carbonyl (C=O) groups is 1. The van der Waals surface area contributed by atoms with Gasteiger partial charge in [0.15, 0.2) is 0 Å². The molecule has 0 aliphatic carbocycles. The number of aliphatic hydroxyl groups excluding tert-OH is 3. The maximum Gasteiger partial charge on any atom is 0.251 e. The highest BCUT2D eigenvalue weighted by molar-refractivity contribution is 5.97. The summed E-state index contributed by atoms with van der Waals surface area (Å²) in [7, 11) is 1.58. The molecule has 1 saturated heterocycles. The van der Waals surface area contributed by atoms with Gasteiger partial charge in [-0.25, -0.2) is 4.98 Å². The van der Waals surface area contributed by atoms with Crippen LogP contribution in [0, 0.1) is 0 Å². The molecule has 152 valence electrons. The van der Waals surface area contributed by atoms with E-state index in [4.69, 9.17) is 4.74 Å². The van der Waals surface area contributed by atoms with Crippen molar-refractivity contribution in [2.24, 2.45) is 0 Å². The number of hydrogen-bond acceptors (Lipinski definition) is 6. The van der Waals surface area contributed by atoms with E-state index >= 15 is 0 Å². The molecule has 1 amide bonds. The van der Waals surface area contributed by atoms with Crippen molar-refractivity contribution in [3.05, 3.63) is 53.6 Å². The second-order valence-corrected chi connectivity index (χ2v) is 7.18. The van der Waals surface area contributed by atoms with Gasteiger partial charge in [0.05, 0.1) is 29.8 Å². The third-order valence-corrected chi connectivity index (χ3v) is 5.21. The van der Waals surface area contributed by atoms with Crippen LogP contribution < -0.4 is 5.32 Å². The Morgan fingerprint density at radius 1 is 1.28 bits per heavy atom. The van der Waals surface area contributed by atoms with Crippen molar-refractivity contribution in [1.82, 2.24) is 15.3 Å². The second kappa shape index (κ2) is 7.92. The van der Waals surface area contributed by atoms with Gasteiger partial charge in [0.25, 0.3) is 5.91 Å². The Bertz CT molecular complexity index is 1030. The molecule has 1 aliphatic heterocycles. The molecule has 8 nitrogen and oxygen atoms in total. The van der Waals surface area contributed by atoms with Crippen LogP contribution in [0.4, 0.5) is 0 Å². The third kappa shape index (κ3) is 3.75. The van der Waals surface area contributed by atoms with E-state index in [1.54, 1.807) is 31.3 Å². The van der Waals surface area contributed by atoms with E-state index in [-0.39, 0.29) is 18.9 Å². The van der Waals surface area contributed by atoms with Crippen molar-refractivity contribution < 1.29 is 24.9 Å². The molecule has 5 N–H and O–H groups in total. The van der Waals surface area contributed by atoms with Crippen molar-refractivity contribution in [3.8, 4) is 11.4 Å². The largest absolute Gasteiger partial charge is 0.394 e. The lowest BCUT2D eigenvalue weighted by Crippen LogP contribution is -2.44. The third-order valence-electron chi connectivity index (χ3n) is 5.21. The summed E-state index contributed by atoms with van der Waals surface area (Å²) in [4.78, 5) is 19.6. The number of aromatic nitrogens is 2. The second-order valence-electron chi connectivity index (χ2n) is 7.18. The van der Waals surface area contributed by atoms with Crippen LogP contribution in [0.5, 0.6) is 0 Å². The molecule has 0 spiro atoms. The van der Waals surface area contributed by atoms with Gasteiger partial charge in [-0.1, -0.05) is 18.2 Å². The molecule has 0 bridgehead atoms. The molecule has 3 aromatic rings. The number of rotatable bonds is 4. The molecule has 29 heavy (non-hydrogen) atoms. The summed E-state index contributed by atoms with van der Waals surface area (Å²) >= 11 is 0. The topological polar surface area (TPSA) is 128 Å². The Kier molecular flexibility index (Phi) is 5.33. The summed E-state index contributed by atoms with van der Waals surface area (Å²) in [6.07, 6.45) is -3.15. The minimum atomic E-state index is -1.08. The zero-order valence-corrected chi connectivity index (χ0v) is 15.9. The predicted octanol–water partition coefficient (Wildman–Crippen LogP) is 1.13. The number of aromatic amines is 1. The molecule has 4 atom stereocenters. The first kappa shape index (κ1) is 19.5. The van der Waals surface area contributed by atoms with Gasteiger partial charge in [0.1, 0.15) is 18.0 Å². The lowest BCUT2D eigenvalue weighted by atomic mass is 9.92. The zero-order chi connectivity index (χ0) is 20.5. The minimum Gasteiger partial charge on any atom is -0.394 e. The van der Waals surface area contributed by atoms with E-state index in [9.17, 15) is 20.1 Å². The Labute approximate surface area is 167 Å². The number of fused-ring (bicyclic) bond motifs is 1. The van der Waals surface area contributed by atoms with Gasteiger partial charge >= 0.3 is 0 Å². The molecule has 0 radical (unpaired) electrons. The van der Waals surface area contributed by atoms with E-state index in [1.807, 2.05) is 18.2 Å². The average molecular weight is 397 g/mol. The van der Waals surface area contributed by atoms with Gasteiger partial charge in [-0.2, -0.15) is 0 Å². The standard InChI is InChI=1S/C21H23N3O5/c1-22-21(28)13-5-6-15-16(8-13)24-20(23-15)12-4-2-3-11(7-12)19-18(27)17(26)9-14(10-25)29-19/h2-8,14,17-19,25-27H,9-10H2,1H3,(H,22,28)(H,23,24)/t14?,17?,18?,19-/m1/s1. The van der Waals surface area contributed by atoms with Crippen LogP contribution >= 0.6 is 0 Å². The summed E-state index contributed by atoms with van der Waals surface area (Å²) in [6.45, 7) is -0.225. The molecule has 2 aromatic carbocycles. The Morgan fingerprint density at radius 3 is 2.86 bits per heavy atom. The van der Waals surface area contributed by atoms with Gasteiger partial charge in [-0.15, -0.1) is 0 Å². The molecular weight excluding hydrogens is 374 g/mol. The monoisotopic (exact) mass is 397 g/mol. The number of hydrogen-bond donors (Lipinski definition) is 5. The molecule has 1 fully saturated rings. The van der Waals surface area contributed by atoms with Crippen LogP contribution in [-0.4, -0.2) is 63.2 Å². The molecular formula is C21H23N3O5. The first-order valence-corrected chi connectivity index (χ1v) is 9.44. The number of benzene rings is 2. The van der Waals surface area contributed by atoms with Crippen LogP contribution in [0.2, 0.25) is 0 Å². The maximum absolute atomic E-state index is 11.8. The summed E-state index contributed by atoms with van der Waals surface area (Å²) < 4.78 is 5.77.